The minimum absolute atomic E-state index is 0.0661. The average molecular weight is 702 g/mol. The molecule has 3 heterocycles. The van der Waals surface area contributed by atoms with E-state index in [1.165, 1.54) is 22.9 Å². The Bertz CT molecular complexity index is 1910. The summed E-state index contributed by atoms with van der Waals surface area (Å²) in [6.07, 6.45) is -0.464. The fourth-order valence-electron chi connectivity index (χ4n) is 6.72. The van der Waals surface area contributed by atoms with E-state index < -0.39 is 39.7 Å². The van der Waals surface area contributed by atoms with Gasteiger partial charge in [0, 0.05) is 12.3 Å². The van der Waals surface area contributed by atoms with Crippen LogP contribution in [0.1, 0.15) is 93.3 Å². The summed E-state index contributed by atoms with van der Waals surface area (Å²) < 4.78 is 60.5. The van der Waals surface area contributed by atoms with Crippen LogP contribution in [0.5, 0.6) is 5.75 Å². The second-order valence-corrected chi connectivity index (χ2v) is 15.7. The molecule has 4 atom stereocenters. The largest absolute Gasteiger partial charge is 0.379 e. The van der Waals surface area contributed by atoms with Crippen molar-refractivity contribution in [1.82, 2.24) is 4.57 Å². The quantitative estimate of drug-likeness (QED) is 0.125. The van der Waals surface area contributed by atoms with Crippen molar-refractivity contribution in [2.45, 2.75) is 101 Å². The van der Waals surface area contributed by atoms with E-state index in [2.05, 4.69) is 13.8 Å². The second-order valence-electron chi connectivity index (χ2n) is 14.2. The molecule has 0 radical (unpaired) electrons. The summed E-state index contributed by atoms with van der Waals surface area (Å²) in [6.45, 7) is 13.2. The standard InChI is InChI=1S/C40H47NO8S/c1-26(2)31-19-33(27(3)4)37(34(20-31)28(5)6)50(43,44)49-32-17-18-41(35(42)21-32)39-36-38(46-23-30-15-11-8-12-16-30)40(48-39,25-47-36)24-45-22-29-13-9-7-10-14-29/h7-21,26-28,36,38-39H,22-25H2,1-6H3/t36-,38+,39-,40+/m1/s1. The Labute approximate surface area is 295 Å². The molecular weight excluding hydrogens is 655 g/mol. The van der Waals surface area contributed by atoms with Crippen molar-refractivity contribution in [3.8, 4) is 5.75 Å². The number of benzene rings is 3. The molecular formula is C40H47NO8S. The summed E-state index contributed by atoms with van der Waals surface area (Å²) in [5, 5.41) is 0. The lowest BCUT2D eigenvalue weighted by Crippen LogP contribution is -2.46. The fraction of sp³-hybridized carbons (Fsp3) is 0.425. The van der Waals surface area contributed by atoms with E-state index in [1.807, 2.05) is 100 Å². The Morgan fingerprint density at radius 2 is 1.42 bits per heavy atom. The zero-order chi connectivity index (χ0) is 35.6. The normalized spacial score (nSPS) is 21.8. The summed E-state index contributed by atoms with van der Waals surface area (Å²) >= 11 is 0. The highest BCUT2D eigenvalue weighted by Gasteiger charge is 2.63. The summed E-state index contributed by atoms with van der Waals surface area (Å²) in [5.41, 5.74) is 3.03. The van der Waals surface area contributed by atoms with Gasteiger partial charge in [0.15, 0.2) is 6.23 Å². The molecule has 0 aliphatic carbocycles. The van der Waals surface area contributed by atoms with Crippen molar-refractivity contribution in [2.75, 3.05) is 13.2 Å². The number of fused-ring (bicyclic) bond motifs is 2. The van der Waals surface area contributed by atoms with Crippen LogP contribution < -0.4 is 9.74 Å². The summed E-state index contributed by atoms with van der Waals surface area (Å²) in [6, 6.07) is 26.2. The number of pyridine rings is 1. The lowest BCUT2D eigenvalue weighted by Gasteiger charge is -2.31. The molecule has 3 aromatic carbocycles. The average Bonchev–Trinajstić information content (AvgIpc) is 3.59. The Kier molecular flexibility index (Phi) is 10.7. The predicted molar refractivity (Wildman–Crippen MR) is 191 cm³/mol. The van der Waals surface area contributed by atoms with Crippen LogP contribution in [0.4, 0.5) is 0 Å². The van der Waals surface area contributed by atoms with Crippen LogP contribution in [-0.4, -0.2) is 44.0 Å². The Hall–Kier alpha value is -3.80. The van der Waals surface area contributed by atoms with Crippen LogP contribution in [-0.2, 0) is 42.3 Å². The maximum Gasteiger partial charge on any atom is 0.339 e. The molecule has 2 aliphatic rings. The zero-order valence-corrected chi connectivity index (χ0v) is 30.4. The maximum absolute atomic E-state index is 14.0. The van der Waals surface area contributed by atoms with Crippen molar-refractivity contribution in [3.05, 3.63) is 129 Å². The first kappa shape index (κ1) is 36.0. The van der Waals surface area contributed by atoms with Crippen LogP contribution in [0.25, 0.3) is 0 Å². The summed E-state index contributed by atoms with van der Waals surface area (Å²) in [5.74, 6) is 0.0165. The number of hydrogen-bond donors (Lipinski definition) is 0. The van der Waals surface area contributed by atoms with Crippen molar-refractivity contribution >= 4 is 10.1 Å². The molecule has 0 saturated carbocycles. The zero-order valence-electron chi connectivity index (χ0n) is 29.6. The van der Waals surface area contributed by atoms with E-state index in [1.54, 1.807) is 0 Å². The van der Waals surface area contributed by atoms with E-state index in [0.717, 1.165) is 16.7 Å². The topological polar surface area (TPSA) is 102 Å². The molecule has 266 valence electrons. The van der Waals surface area contributed by atoms with Gasteiger partial charge in [-0.1, -0.05) is 114 Å². The highest BCUT2D eigenvalue weighted by atomic mass is 32.2. The molecule has 2 bridgehead atoms. The molecule has 9 nitrogen and oxygen atoms in total. The number of ether oxygens (including phenoxy) is 4. The molecule has 0 spiro atoms. The third-order valence-electron chi connectivity index (χ3n) is 9.43. The fourth-order valence-corrected chi connectivity index (χ4v) is 8.33. The third kappa shape index (κ3) is 7.45. The third-order valence-corrected chi connectivity index (χ3v) is 10.8. The lowest BCUT2D eigenvalue weighted by atomic mass is 9.89. The maximum atomic E-state index is 14.0. The molecule has 10 heteroatoms. The lowest BCUT2D eigenvalue weighted by molar-refractivity contribution is -0.196. The van der Waals surface area contributed by atoms with E-state index in [4.69, 9.17) is 23.1 Å². The molecule has 2 saturated heterocycles. The van der Waals surface area contributed by atoms with Gasteiger partial charge in [0.25, 0.3) is 5.56 Å². The Balaban J connectivity index is 1.26. The van der Waals surface area contributed by atoms with E-state index in [0.29, 0.717) is 24.3 Å². The smallest absolute Gasteiger partial charge is 0.339 e. The molecule has 0 unspecified atom stereocenters. The minimum atomic E-state index is -4.29. The molecule has 50 heavy (non-hydrogen) atoms. The van der Waals surface area contributed by atoms with Gasteiger partial charge >= 0.3 is 10.1 Å². The van der Waals surface area contributed by atoms with Gasteiger partial charge < -0.3 is 23.1 Å². The van der Waals surface area contributed by atoms with Gasteiger partial charge in [-0.3, -0.25) is 9.36 Å². The minimum Gasteiger partial charge on any atom is -0.379 e. The predicted octanol–water partition coefficient (Wildman–Crippen LogP) is 7.45. The SMILES string of the molecule is CC(C)c1cc(C(C)C)c(S(=O)(=O)Oc2ccn([C@@H]3O[C@@]4(COCc5ccccc5)CO[C@@H]3[C@@H]4OCc3ccccc3)c(=O)c2)c(C(C)C)c1. The van der Waals surface area contributed by atoms with Gasteiger partial charge in [0.2, 0.25) is 0 Å². The van der Waals surface area contributed by atoms with Crippen LogP contribution in [0.2, 0.25) is 0 Å². The van der Waals surface area contributed by atoms with Crippen molar-refractivity contribution < 1.29 is 31.5 Å². The first-order valence-corrected chi connectivity index (χ1v) is 18.7. The highest BCUT2D eigenvalue weighted by molar-refractivity contribution is 7.87. The molecule has 6 rings (SSSR count). The summed E-state index contributed by atoms with van der Waals surface area (Å²) in [4.78, 5) is 13.8. The second kappa shape index (κ2) is 14.8. The van der Waals surface area contributed by atoms with Crippen LogP contribution in [0.3, 0.4) is 0 Å². The number of nitrogens with zero attached hydrogens (tertiary/aromatic N) is 1. The molecule has 4 aromatic rings. The van der Waals surface area contributed by atoms with E-state index in [9.17, 15) is 13.2 Å². The Morgan fingerprint density at radius 1 is 0.820 bits per heavy atom. The molecule has 0 amide bonds. The molecule has 0 N–H and O–H groups in total. The number of aromatic nitrogens is 1. The van der Waals surface area contributed by atoms with E-state index in [-0.39, 0.29) is 41.6 Å². The van der Waals surface area contributed by atoms with Gasteiger partial charge in [0.05, 0.1) is 26.4 Å². The molecule has 1 aromatic heterocycles. The first-order chi connectivity index (χ1) is 23.9. The van der Waals surface area contributed by atoms with Gasteiger partial charge in [-0.05, 0) is 51.6 Å². The van der Waals surface area contributed by atoms with Gasteiger partial charge in [-0.15, -0.1) is 0 Å². The first-order valence-electron chi connectivity index (χ1n) is 17.3. The van der Waals surface area contributed by atoms with Crippen LogP contribution in [0.15, 0.2) is 101 Å². The van der Waals surface area contributed by atoms with Gasteiger partial charge in [0.1, 0.15) is 28.5 Å². The Morgan fingerprint density at radius 3 is 1.98 bits per heavy atom. The van der Waals surface area contributed by atoms with Gasteiger partial charge in [-0.2, -0.15) is 8.42 Å². The monoisotopic (exact) mass is 701 g/mol. The van der Waals surface area contributed by atoms with Crippen molar-refractivity contribution in [1.29, 1.82) is 0 Å². The molecule has 2 aliphatic heterocycles. The summed E-state index contributed by atoms with van der Waals surface area (Å²) in [7, 11) is -4.29. The number of rotatable bonds is 14. The number of hydrogen-bond acceptors (Lipinski definition) is 8. The van der Waals surface area contributed by atoms with Gasteiger partial charge in [-0.25, -0.2) is 0 Å². The van der Waals surface area contributed by atoms with E-state index >= 15 is 0 Å². The van der Waals surface area contributed by atoms with Crippen molar-refractivity contribution in [3.63, 3.8) is 0 Å². The van der Waals surface area contributed by atoms with Crippen molar-refractivity contribution in [2.24, 2.45) is 0 Å². The van der Waals surface area contributed by atoms with Crippen LogP contribution in [0, 0.1) is 0 Å². The molecule has 2 fully saturated rings. The highest BCUT2D eigenvalue weighted by Crippen LogP contribution is 2.47. The van der Waals surface area contributed by atoms with Crippen LogP contribution >= 0.6 is 0 Å².